The molecule has 0 fully saturated rings. The van der Waals surface area contributed by atoms with Gasteiger partial charge in [0.05, 0.1) is 16.3 Å². The third-order valence-corrected chi connectivity index (χ3v) is 11.6. The zero-order valence-electron chi connectivity index (χ0n) is 30.4. The number of aromatic amines is 2. The summed E-state index contributed by atoms with van der Waals surface area (Å²) in [5.74, 6) is -4.86. The van der Waals surface area contributed by atoms with Crippen LogP contribution in [0.25, 0.3) is 11.0 Å². The molecule has 3 unspecified atom stereocenters. The highest BCUT2D eigenvalue weighted by Gasteiger charge is 2.27. The Hall–Kier alpha value is -4.60. The molecule has 3 heterocycles. The van der Waals surface area contributed by atoms with Gasteiger partial charge >= 0.3 is 23.9 Å². The summed E-state index contributed by atoms with van der Waals surface area (Å²) in [5.41, 5.74) is 6.48. The van der Waals surface area contributed by atoms with Crippen molar-refractivity contribution in [3.63, 3.8) is 0 Å². The minimum absolute atomic E-state index is 0.0216. The number of aromatic nitrogens is 3. The molecule has 2 amide bonds. The van der Waals surface area contributed by atoms with E-state index >= 15 is 0 Å². The fourth-order valence-electron chi connectivity index (χ4n) is 5.29. The van der Waals surface area contributed by atoms with Gasteiger partial charge in [-0.05, 0) is 63.6 Å². The number of nitrogens with zero attached hydrogens (tertiary/aromatic N) is 1. The highest BCUT2D eigenvalue weighted by Crippen LogP contribution is 2.23. The molecule has 0 aliphatic rings. The van der Waals surface area contributed by atoms with Crippen molar-refractivity contribution < 1.29 is 48.8 Å². The third-order valence-electron chi connectivity index (χ3n) is 8.10. The van der Waals surface area contributed by atoms with E-state index < -0.39 is 53.8 Å². The van der Waals surface area contributed by atoms with Crippen LogP contribution in [-0.2, 0) is 41.6 Å². The number of carbonyl (C=O) groups is 6. The van der Waals surface area contributed by atoms with E-state index in [2.05, 4.69) is 30.9 Å². The summed E-state index contributed by atoms with van der Waals surface area (Å²) >= 11 is 1.23. The van der Waals surface area contributed by atoms with Gasteiger partial charge in [0.15, 0.2) is 0 Å². The maximum atomic E-state index is 12.8. The highest BCUT2D eigenvalue weighted by molar-refractivity contribution is 8.76. The second kappa shape index (κ2) is 22.7. The van der Waals surface area contributed by atoms with Gasteiger partial charge in [-0.1, -0.05) is 34.9 Å². The second-order valence-corrected chi connectivity index (χ2v) is 16.4. The fraction of sp³-hybridized carbons (Fsp3) is 0.529. The Morgan fingerprint density at radius 3 is 2.38 bits per heavy atom. The molecule has 0 aliphatic heterocycles. The summed E-state index contributed by atoms with van der Waals surface area (Å²) in [6.07, 6.45) is 2.84. The van der Waals surface area contributed by atoms with Crippen molar-refractivity contribution in [3.8, 4) is 0 Å². The Labute approximate surface area is 327 Å². The first-order chi connectivity index (χ1) is 26.2. The van der Waals surface area contributed by atoms with Crippen molar-refractivity contribution in [2.24, 2.45) is 0 Å². The summed E-state index contributed by atoms with van der Waals surface area (Å²) in [6.45, 7) is 3.61. The highest BCUT2D eigenvalue weighted by atomic mass is 33.1. The number of carbonyl (C=O) groups excluding carboxylic acids is 3. The van der Waals surface area contributed by atoms with Crippen LogP contribution < -0.4 is 27.2 Å². The number of carboxylic acid groups (broad SMARTS) is 3. The van der Waals surface area contributed by atoms with Gasteiger partial charge < -0.3 is 46.7 Å². The SMILES string of the molecule is CCCC(N[C@@H](C)CCC(=O)O)C(=O)NC(CSSCCOC(=O)CCC(NC(=O)c1ccc(CCCc2cc3c(=O)[nH]c(N)nc3[nH]2)s1)C(=O)O)C(=O)O. The maximum absolute atomic E-state index is 12.8. The van der Waals surface area contributed by atoms with Gasteiger partial charge in [-0.3, -0.25) is 29.0 Å². The molecule has 0 radical (unpaired) electrons. The molecule has 18 nitrogen and oxygen atoms in total. The van der Waals surface area contributed by atoms with Crippen molar-refractivity contribution in [2.45, 2.75) is 95.8 Å². The molecule has 3 aromatic heterocycles. The topological polar surface area (TPSA) is 296 Å². The van der Waals surface area contributed by atoms with Crippen LogP contribution in [0, 0.1) is 0 Å². The van der Waals surface area contributed by atoms with Crippen LogP contribution in [0.2, 0.25) is 0 Å². The van der Waals surface area contributed by atoms with Crippen LogP contribution in [0.4, 0.5) is 5.95 Å². The number of fused-ring (bicyclic) bond motifs is 1. The molecule has 21 heteroatoms. The fourth-order valence-corrected chi connectivity index (χ4v) is 8.23. The van der Waals surface area contributed by atoms with Crippen molar-refractivity contribution in [1.82, 2.24) is 30.9 Å². The Bertz CT molecular complexity index is 1850. The number of amides is 2. The molecule has 3 aromatic rings. The minimum atomic E-state index is -1.33. The number of aliphatic carboxylic acids is 3. The summed E-state index contributed by atoms with van der Waals surface area (Å²) in [4.78, 5) is 95.3. The number of anilines is 1. The predicted octanol–water partition coefficient (Wildman–Crippen LogP) is 2.54. The Kier molecular flexibility index (Phi) is 18.5. The average molecular weight is 826 g/mol. The van der Waals surface area contributed by atoms with Gasteiger partial charge in [-0.15, -0.1) is 11.3 Å². The second-order valence-electron chi connectivity index (χ2n) is 12.6. The molecular formula is C34H47N7O11S3. The summed E-state index contributed by atoms with van der Waals surface area (Å²) in [5, 5.41) is 36.6. The number of aryl methyl sites for hydroxylation is 2. The van der Waals surface area contributed by atoms with Crippen LogP contribution in [0.15, 0.2) is 23.0 Å². The first-order valence-electron chi connectivity index (χ1n) is 17.6. The number of rotatable bonds is 26. The number of hydrogen-bond donors (Lipinski definition) is 9. The Balaban J connectivity index is 1.34. The summed E-state index contributed by atoms with van der Waals surface area (Å²) < 4.78 is 5.18. The van der Waals surface area contributed by atoms with E-state index in [1.54, 1.807) is 25.1 Å². The van der Waals surface area contributed by atoms with E-state index in [0.717, 1.165) is 10.6 Å². The molecular weight excluding hydrogens is 779 g/mol. The molecule has 3 rings (SSSR count). The van der Waals surface area contributed by atoms with Crippen molar-refractivity contribution in [1.29, 1.82) is 0 Å². The average Bonchev–Trinajstić information content (AvgIpc) is 3.77. The zero-order chi connectivity index (χ0) is 40.5. The van der Waals surface area contributed by atoms with Gasteiger partial charge in [0, 0.05) is 41.0 Å². The van der Waals surface area contributed by atoms with E-state index in [4.69, 9.17) is 15.6 Å². The van der Waals surface area contributed by atoms with Crippen LogP contribution in [0.3, 0.4) is 0 Å². The van der Waals surface area contributed by atoms with E-state index in [9.17, 15) is 43.8 Å². The summed E-state index contributed by atoms with van der Waals surface area (Å²) in [7, 11) is 2.40. The summed E-state index contributed by atoms with van der Waals surface area (Å²) in [6, 6.07) is 1.66. The van der Waals surface area contributed by atoms with Gasteiger partial charge in [0.25, 0.3) is 11.5 Å². The van der Waals surface area contributed by atoms with Gasteiger partial charge in [-0.2, -0.15) is 4.98 Å². The first kappa shape index (κ1) is 44.8. The molecule has 0 aromatic carbocycles. The number of hydrogen-bond acceptors (Lipinski definition) is 14. The van der Waals surface area contributed by atoms with Crippen molar-refractivity contribution in [3.05, 3.63) is 44.0 Å². The molecule has 10 N–H and O–H groups in total. The van der Waals surface area contributed by atoms with Crippen molar-refractivity contribution >= 4 is 85.6 Å². The van der Waals surface area contributed by atoms with E-state index in [-0.39, 0.29) is 49.2 Å². The van der Waals surface area contributed by atoms with E-state index in [0.29, 0.717) is 60.2 Å². The largest absolute Gasteiger partial charge is 0.481 e. The number of nitrogens with one attached hydrogen (secondary N) is 5. The van der Waals surface area contributed by atoms with Crippen LogP contribution in [0.1, 0.15) is 79.0 Å². The van der Waals surface area contributed by atoms with E-state index in [1.165, 1.54) is 32.9 Å². The lowest BCUT2D eigenvalue weighted by molar-refractivity contribution is -0.144. The number of ether oxygens (including phenoxy) is 1. The lowest BCUT2D eigenvalue weighted by Crippen LogP contribution is -2.52. The Morgan fingerprint density at radius 1 is 0.945 bits per heavy atom. The number of carboxylic acids is 3. The number of esters is 1. The van der Waals surface area contributed by atoms with E-state index in [1.807, 2.05) is 6.92 Å². The predicted molar refractivity (Wildman–Crippen MR) is 209 cm³/mol. The van der Waals surface area contributed by atoms with Gasteiger partial charge in [-0.25, -0.2) is 9.59 Å². The lowest BCUT2D eigenvalue weighted by atomic mass is 10.1. The first-order valence-corrected chi connectivity index (χ1v) is 20.9. The molecule has 55 heavy (non-hydrogen) atoms. The Morgan fingerprint density at radius 2 is 1.69 bits per heavy atom. The quantitative estimate of drug-likeness (QED) is 0.0319. The van der Waals surface area contributed by atoms with Crippen LogP contribution in [0.5, 0.6) is 0 Å². The smallest absolute Gasteiger partial charge is 0.327 e. The van der Waals surface area contributed by atoms with Crippen molar-refractivity contribution in [2.75, 3.05) is 23.8 Å². The molecule has 0 aliphatic carbocycles. The molecule has 0 saturated carbocycles. The monoisotopic (exact) mass is 825 g/mol. The normalized spacial score (nSPS) is 13.4. The minimum Gasteiger partial charge on any atom is -0.481 e. The molecule has 0 spiro atoms. The molecule has 0 saturated heterocycles. The number of nitrogen functional groups attached to an aromatic ring is 1. The van der Waals surface area contributed by atoms with Gasteiger partial charge in [0.1, 0.15) is 24.3 Å². The van der Waals surface area contributed by atoms with Crippen LogP contribution in [-0.4, -0.2) is 108 Å². The zero-order valence-corrected chi connectivity index (χ0v) is 32.8. The standard InChI is InChI=1S/C34H47N7O11S3/c1-3-5-22(36-18(2)8-12-26(42)43)30(46)39-24(33(50)51)17-54-53-15-14-52-27(44)13-10-23(32(48)49)38-31(47)25-11-9-20(55-25)7-4-6-19-16-21-28(37-19)40-34(35)41-29(21)45/h9,11,16,18,22-24,36H,3-8,10,12-15,17H2,1-2H3,(H,38,47)(H,39,46)(H,42,43)(H,48,49)(H,50,51)(H4,35,37,40,41,45)/t18-,22?,23?,24?/m0/s1. The number of H-pyrrole nitrogens is 2. The number of thiophene rings is 1. The molecule has 4 atom stereocenters. The molecule has 302 valence electrons. The lowest BCUT2D eigenvalue weighted by Gasteiger charge is -2.24. The molecule has 0 bridgehead atoms. The number of nitrogens with two attached hydrogens (primary N) is 1. The third kappa shape index (κ3) is 15.6. The maximum Gasteiger partial charge on any atom is 0.327 e. The van der Waals surface area contributed by atoms with Crippen LogP contribution >= 0.6 is 32.9 Å². The van der Waals surface area contributed by atoms with Gasteiger partial charge in [0.2, 0.25) is 11.9 Å².